The Morgan fingerprint density at radius 2 is 1.46 bits per heavy atom. The lowest BCUT2D eigenvalue weighted by molar-refractivity contribution is 0.0691. The normalized spacial score (nSPS) is 14.0. The van der Waals surface area contributed by atoms with Crippen molar-refractivity contribution in [1.82, 2.24) is 0 Å². The minimum Gasteiger partial charge on any atom is -0.478 e. The predicted octanol–water partition coefficient (Wildman–Crippen LogP) is 4.66. The van der Waals surface area contributed by atoms with E-state index in [4.69, 9.17) is 4.42 Å². The Bertz CT molecular complexity index is 1520. The number of sulfone groups is 1. The first-order valence-electron chi connectivity index (χ1n) is 11.5. The Hall–Kier alpha value is -4.05. The third kappa shape index (κ3) is 4.72. The van der Waals surface area contributed by atoms with E-state index in [0.29, 0.717) is 12.8 Å². The van der Waals surface area contributed by atoms with Gasteiger partial charge in [-0.1, -0.05) is 25.0 Å². The Morgan fingerprint density at radius 1 is 0.865 bits per heavy atom. The van der Waals surface area contributed by atoms with E-state index in [0.717, 1.165) is 19.1 Å². The summed E-state index contributed by atoms with van der Waals surface area (Å²) in [6.07, 6.45) is 4.80. The second-order valence-corrected chi connectivity index (χ2v) is 11.1. The molecule has 3 aromatic rings. The SMILES string of the molecule is Cc1c(C(=O)O)c(C(=O)c2ccco2)c(C(=O)C2CCCC2)c(-c2ccc(S(C)(=O)=O)cc2)c1C(=O)O. The number of carboxylic acid groups (broad SMARTS) is 2. The number of carbonyl (C=O) groups excluding carboxylic acids is 2. The van der Waals surface area contributed by atoms with Gasteiger partial charge >= 0.3 is 11.9 Å². The van der Waals surface area contributed by atoms with E-state index < -0.39 is 56.0 Å². The van der Waals surface area contributed by atoms with Crippen molar-refractivity contribution >= 4 is 33.3 Å². The van der Waals surface area contributed by atoms with E-state index >= 15 is 0 Å². The number of rotatable bonds is 8. The second-order valence-electron chi connectivity index (χ2n) is 9.06. The number of ketones is 2. The van der Waals surface area contributed by atoms with Crippen molar-refractivity contribution in [1.29, 1.82) is 0 Å². The molecule has 1 saturated carbocycles. The van der Waals surface area contributed by atoms with Gasteiger partial charge in [0, 0.05) is 23.3 Å². The van der Waals surface area contributed by atoms with Gasteiger partial charge in [-0.25, -0.2) is 18.0 Å². The van der Waals surface area contributed by atoms with Gasteiger partial charge in [0.15, 0.2) is 21.4 Å². The first kappa shape index (κ1) is 26.0. The molecule has 1 fully saturated rings. The smallest absolute Gasteiger partial charge is 0.336 e. The molecule has 2 N–H and O–H groups in total. The highest BCUT2D eigenvalue weighted by molar-refractivity contribution is 7.90. The van der Waals surface area contributed by atoms with Crippen molar-refractivity contribution in [2.45, 2.75) is 37.5 Å². The molecular weight excluding hydrogens is 500 g/mol. The third-order valence-electron chi connectivity index (χ3n) is 6.69. The number of furan rings is 1. The maximum Gasteiger partial charge on any atom is 0.336 e. The minimum atomic E-state index is -3.57. The fourth-order valence-electron chi connectivity index (χ4n) is 4.96. The van der Waals surface area contributed by atoms with Crippen molar-refractivity contribution < 1.29 is 42.2 Å². The summed E-state index contributed by atoms with van der Waals surface area (Å²) < 4.78 is 29.2. The Morgan fingerprint density at radius 3 is 1.95 bits per heavy atom. The van der Waals surface area contributed by atoms with Crippen LogP contribution in [-0.4, -0.2) is 48.4 Å². The lowest BCUT2D eigenvalue weighted by Crippen LogP contribution is -2.24. The van der Waals surface area contributed by atoms with Crippen molar-refractivity contribution in [3.05, 3.63) is 76.2 Å². The number of benzene rings is 2. The summed E-state index contributed by atoms with van der Waals surface area (Å²) in [7, 11) is -3.57. The van der Waals surface area contributed by atoms with E-state index in [1.807, 2.05) is 0 Å². The van der Waals surface area contributed by atoms with Gasteiger partial charge in [0.1, 0.15) is 0 Å². The van der Waals surface area contributed by atoms with Gasteiger partial charge < -0.3 is 14.6 Å². The Balaban J connectivity index is 2.17. The molecule has 0 spiro atoms. The molecule has 1 aromatic heterocycles. The lowest BCUT2D eigenvalue weighted by Gasteiger charge is -2.23. The monoisotopic (exact) mass is 524 g/mol. The van der Waals surface area contributed by atoms with E-state index in [9.17, 15) is 37.8 Å². The van der Waals surface area contributed by atoms with Crippen LogP contribution in [0.5, 0.6) is 0 Å². The number of hydrogen-bond acceptors (Lipinski definition) is 7. The van der Waals surface area contributed by atoms with Crippen molar-refractivity contribution in [2.75, 3.05) is 6.26 Å². The lowest BCUT2D eigenvalue weighted by atomic mass is 9.78. The molecule has 37 heavy (non-hydrogen) atoms. The number of carboxylic acids is 2. The minimum absolute atomic E-state index is 0.0254. The topological polar surface area (TPSA) is 156 Å². The molecule has 192 valence electrons. The predicted molar refractivity (Wildman–Crippen MR) is 132 cm³/mol. The van der Waals surface area contributed by atoms with Crippen LogP contribution in [0.4, 0.5) is 0 Å². The van der Waals surface area contributed by atoms with Gasteiger partial charge in [0.25, 0.3) is 0 Å². The average Bonchev–Trinajstić information content (AvgIpc) is 3.56. The zero-order valence-electron chi connectivity index (χ0n) is 20.1. The highest BCUT2D eigenvalue weighted by Gasteiger charge is 2.38. The van der Waals surface area contributed by atoms with E-state index in [-0.39, 0.29) is 32.9 Å². The van der Waals surface area contributed by atoms with Crippen LogP contribution in [0, 0.1) is 12.8 Å². The van der Waals surface area contributed by atoms with E-state index in [2.05, 4.69) is 0 Å². The summed E-state index contributed by atoms with van der Waals surface area (Å²) in [6, 6.07) is 8.02. The van der Waals surface area contributed by atoms with Gasteiger partial charge in [-0.3, -0.25) is 9.59 Å². The summed E-state index contributed by atoms with van der Waals surface area (Å²) in [5.41, 5.74) is -1.94. The number of aromatic carboxylic acids is 2. The largest absolute Gasteiger partial charge is 0.478 e. The van der Waals surface area contributed by atoms with Gasteiger partial charge in [-0.15, -0.1) is 0 Å². The van der Waals surface area contributed by atoms with Crippen LogP contribution >= 0.6 is 0 Å². The molecule has 4 rings (SSSR count). The molecule has 0 amide bonds. The number of hydrogen-bond donors (Lipinski definition) is 2. The van der Waals surface area contributed by atoms with Crippen LogP contribution < -0.4 is 0 Å². The Kier molecular flexibility index (Phi) is 6.88. The van der Waals surface area contributed by atoms with Crippen LogP contribution in [0.15, 0.2) is 52.0 Å². The second kappa shape index (κ2) is 9.78. The van der Waals surface area contributed by atoms with E-state index in [1.54, 1.807) is 0 Å². The van der Waals surface area contributed by atoms with Crippen LogP contribution in [-0.2, 0) is 9.84 Å². The van der Waals surface area contributed by atoms with E-state index in [1.165, 1.54) is 49.6 Å². The quantitative estimate of drug-likeness (QED) is 0.400. The molecule has 0 aliphatic heterocycles. The van der Waals surface area contributed by atoms with Crippen molar-refractivity contribution in [2.24, 2.45) is 5.92 Å². The summed E-state index contributed by atoms with van der Waals surface area (Å²) in [4.78, 5) is 52.5. The van der Waals surface area contributed by atoms with Gasteiger partial charge in [0.05, 0.1) is 27.8 Å². The van der Waals surface area contributed by atoms with Crippen molar-refractivity contribution in [3.8, 4) is 11.1 Å². The van der Waals surface area contributed by atoms with Crippen LogP contribution in [0.1, 0.15) is 78.4 Å². The highest BCUT2D eigenvalue weighted by Crippen LogP contribution is 2.41. The third-order valence-corrected chi connectivity index (χ3v) is 7.82. The molecule has 1 aliphatic rings. The molecule has 0 bridgehead atoms. The fraction of sp³-hybridized carbons (Fsp3) is 0.259. The molecule has 2 aromatic carbocycles. The van der Waals surface area contributed by atoms with Crippen LogP contribution in [0.25, 0.3) is 11.1 Å². The number of Topliss-reactive ketones (excluding diaryl/α,β-unsaturated/α-hetero) is 1. The summed E-state index contributed by atoms with van der Waals surface area (Å²) in [6.45, 7) is 1.27. The molecule has 1 heterocycles. The number of carbonyl (C=O) groups is 4. The maximum absolute atomic E-state index is 14.0. The summed E-state index contributed by atoms with van der Waals surface area (Å²) in [5, 5.41) is 20.3. The Labute approximate surface area is 212 Å². The molecule has 0 unspecified atom stereocenters. The van der Waals surface area contributed by atoms with Gasteiger partial charge in [0.2, 0.25) is 5.78 Å². The molecule has 0 atom stereocenters. The van der Waals surface area contributed by atoms with Crippen LogP contribution in [0.3, 0.4) is 0 Å². The average molecular weight is 525 g/mol. The molecule has 10 heteroatoms. The van der Waals surface area contributed by atoms with Crippen LogP contribution in [0.2, 0.25) is 0 Å². The first-order chi connectivity index (χ1) is 17.4. The highest BCUT2D eigenvalue weighted by atomic mass is 32.2. The van der Waals surface area contributed by atoms with Crippen molar-refractivity contribution in [3.63, 3.8) is 0 Å². The molecule has 0 saturated heterocycles. The fourth-order valence-corrected chi connectivity index (χ4v) is 5.59. The zero-order valence-corrected chi connectivity index (χ0v) is 20.9. The molecule has 9 nitrogen and oxygen atoms in total. The first-order valence-corrected chi connectivity index (χ1v) is 13.4. The summed E-state index contributed by atoms with van der Waals surface area (Å²) in [5.74, 6) is -5.17. The summed E-state index contributed by atoms with van der Waals surface area (Å²) >= 11 is 0. The standard InChI is InChI=1S/C27H24O9S/c1-14-19(26(30)31)21(15-9-11-17(12-10-15)37(2,34)35)23(24(28)16-6-3-4-7-16)22(20(14)27(32)33)25(29)18-8-5-13-36-18/h5,8-13,16H,3-4,6-7H2,1-2H3,(H,30,31)(H,32,33). The maximum atomic E-state index is 14.0. The van der Waals surface area contributed by atoms with Gasteiger partial charge in [-0.2, -0.15) is 0 Å². The zero-order chi connectivity index (χ0) is 27.1. The molecule has 0 radical (unpaired) electrons. The molecule has 1 aliphatic carbocycles. The molecular formula is C27H24O9S. The van der Waals surface area contributed by atoms with Gasteiger partial charge in [-0.05, 0) is 55.2 Å².